The van der Waals surface area contributed by atoms with Gasteiger partial charge in [0.2, 0.25) is 0 Å². The van der Waals surface area contributed by atoms with E-state index in [1.165, 1.54) is 12.1 Å². The van der Waals surface area contributed by atoms with Crippen LogP contribution in [0.5, 0.6) is 5.75 Å². The molecular weight excluding hydrogens is 307 g/mol. The zero-order chi connectivity index (χ0) is 13.1. The topological polar surface area (TPSA) is 58.6 Å². The Labute approximate surface area is 111 Å². The van der Waals surface area contributed by atoms with Gasteiger partial charge in [0.05, 0.1) is 0 Å². The molecule has 5 nitrogen and oxygen atoms in total. The fourth-order valence-electron chi connectivity index (χ4n) is 1.52. The number of hydrogen-bond acceptors (Lipinski definition) is 3. The molecule has 0 aromatic heterocycles. The van der Waals surface area contributed by atoms with Gasteiger partial charge in [0.15, 0.2) is 18.2 Å². The smallest absolute Gasteiger partial charge is 0.324 e. The zero-order valence-corrected chi connectivity index (χ0v) is 10.9. The van der Waals surface area contributed by atoms with E-state index in [1.54, 1.807) is 6.07 Å². The molecule has 1 aliphatic rings. The number of amides is 3. The van der Waals surface area contributed by atoms with E-state index in [2.05, 4.69) is 21.2 Å². The van der Waals surface area contributed by atoms with Crippen molar-refractivity contribution in [3.8, 4) is 5.75 Å². The molecule has 1 saturated heterocycles. The highest BCUT2D eigenvalue weighted by Gasteiger charge is 2.26. The zero-order valence-electron chi connectivity index (χ0n) is 9.28. The molecule has 7 heteroatoms. The van der Waals surface area contributed by atoms with Crippen molar-refractivity contribution in [3.05, 3.63) is 28.5 Å². The van der Waals surface area contributed by atoms with Crippen LogP contribution in [0, 0.1) is 5.82 Å². The SMILES string of the molecule is O=C(COc1ccc(Br)cc1F)N1CCNC1=O. The largest absolute Gasteiger partial charge is 0.481 e. The predicted octanol–water partition coefficient (Wildman–Crippen LogP) is 1.52. The second kappa shape index (κ2) is 5.34. The van der Waals surface area contributed by atoms with Gasteiger partial charge in [-0.1, -0.05) is 15.9 Å². The highest BCUT2D eigenvalue weighted by molar-refractivity contribution is 9.10. The molecule has 1 N–H and O–H groups in total. The molecule has 0 atom stereocenters. The monoisotopic (exact) mass is 316 g/mol. The van der Waals surface area contributed by atoms with Gasteiger partial charge < -0.3 is 10.1 Å². The van der Waals surface area contributed by atoms with E-state index in [-0.39, 0.29) is 12.4 Å². The first kappa shape index (κ1) is 12.8. The molecule has 0 saturated carbocycles. The number of carbonyl (C=O) groups excluding carboxylic acids is 2. The van der Waals surface area contributed by atoms with Gasteiger partial charge in [0, 0.05) is 17.6 Å². The highest BCUT2D eigenvalue weighted by Crippen LogP contribution is 2.21. The van der Waals surface area contributed by atoms with Crippen LogP contribution in [0.2, 0.25) is 0 Å². The van der Waals surface area contributed by atoms with E-state index in [4.69, 9.17) is 4.74 Å². The van der Waals surface area contributed by atoms with Crippen molar-refractivity contribution in [1.82, 2.24) is 10.2 Å². The van der Waals surface area contributed by atoms with Gasteiger partial charge in [-0.05, 0) is 18.2 Å². The molecule has 3 amide bonds. The summed E-state index contributed by atoms with van der Waals surface area (Å²) in [6.45, 7) is 0.368. The number of nitrogens with zero attached hydrogens (tertiary/aromatic N) is 1. The number of carbonyl (C=O) groups is 2. The Hall–Kier alpha value is -1.63. The van der Waals surface area contributed by atoms with E-state index in [1.807, 2.05) is 0 Å². The molecule has 1 aromatic carbocycles. The van der Waals surface area contributed by atoms with Crippen molar-refractivity contribution < 1.29 is 18.7 Å². The van der Waals surface area contributed by atoms with Crippen molar-refractivity contribution in [3.63, 3.8) is 0 Å². The number of urea groups is 1. The van der Waals surface area contributed by atoms with Gasteiger partial charge in [-0.15, -0.1) is 0 Å². The van der Waals surface area contributed by atoms with Crippen LogP contribution in [0.25, 0.3) is 0 Å². The summed E-state index contributed by atoms with van der Waals surface area (Å²) >= 11 is 3.11. The third-order valence-electron chi connectivity index (χ3n) is 2.40. The molecule has 1 aliphatic heterocycles. The fourth-order valence-corrected chi connectivity index (χ4v) is 1.85. The minimum Gasteiger partial charge on any atom is -0.481 e. The standard InChI is InChI=1S/C11H10BrFN2O3/c12-7-1-2-9(8(13)5-7)18-6-10(16)15-4-3-14-11(15)17/h1-2,5H,3-4,6H2,(H,14,17). The van der Waals surface area contributed by atoms with Crippen LogP contribution in [0.3, 0.4) is 0 Å². The van der Waals surface area contributed by atoms with Gasteiger partial charge in [0.1, 0.15) is 0 Å². The van der Waals surface area contributed by atoms with E-state index in [0.717, 1.165) is 4.90 Å². The summed E-state index contributed by atoms with van der Waals surface area (Å²) in [6.07, 6.45) is 0. The lowest BCUT2D eigenvalue weighted by molar-refractivity contribution is -0.129. The number of benzene rings is 1. The quantitative estimate of drug-likeness (QED) is 0.919. The lowest BCUT2D eigenvalue weighted by Crippen LogP contribution is -2.37. The summed E-state index contributed by atoms with van der Waals surface area (Å²) in [5.41, 5.74) is 0. The van der Waals surface area contributed by atoms with E-state index in [9.17, 15) is 14.0 Å². The lowest BCUT2D eigenvalue weighted by Gasteiger charge is -2.13. The van der Waals surface area contributed by atoms with E-state index >= 15 is 0 Å². The second-order valence-corrected chi connectivity index (χ2v) is 4.56. The van der Waals surface area contributed by atoms with Crippen LogP contribution >= 0.6 is 15.9 Å². The van der Waals surface area contributed by atoms with Crippen LogP contribution < -0.4 is 10.1 Å². The Kier molecular flexibility index (Phi) is 3.81. The molecule has 0 bridgehead atoms. The van der Waals surface area contributed by atoms with Gasteiger partial charge >= 0.3 is 6.03 Å². The molecule has 1 fully saturated rings. The maximum atomic E-state index is 13.4. The van der Waals surface area contributed by atoms with Crippen molar-refractivity contribution in [1.29, 1.82) is 0 Å². The first-order chi connectivity index (χ1) is 8.58. The van der Waals surface area contributed by atoms with Crippen molar-refractivity contribution >= 4 is 27.9 Å². The molecule has 96 valence electrons. The Morgan fingerprint density at radius 3 is 2.94 bits per heavy atom. The lowest BCUT2D eigenvalue weighted by atomic mass is 10.3. The van der Waals surface area contributed by atoms with Crippen molar-refractivity contribution in [2.75, 3.05) is 19.7 Å². The summed E-state index contributed by atoms with van der Waals surface area (Å²) in [5, 5.41) is 2.50. The average Bonchev–Trinajstić information content (AvgIpc) is 2.74. The molecular formula is C11H10BrFN2O3. The van der Waals surface area contributed by atoms with Gasteiger partial charge in [-0.2, -0.15) is 0 Å². The number of imide groups is 1. The molecule has 0 unspecified atom stereocenters. The Morgan fingerprint density at radius 1 is 1.56 bits per heavy atom. The number of nitrogens with one attached hydrogen (secondary N) is 1. The number of ether oxygens (including phenoxy) is 1. The molecule has 1 heterocycles. The Balaban J connectivity index is 1.95. The minimum absolute atomic E-state index is 0.0221. The third kappa shape index (κ3) is 2.79. The van der Waals surface area contributed by atoms with Gasteiger partial charge in [-0.25, -0.2) is 9.18 Å². The molecule has 2 rings (SSSR count). The maximum Gasteiger partial charge on any atom is 0.324 e. The molecule has 18 heavy (non-hydrogen) atoms. The average molecular weight is 317 g/mol. The Morgan fingerprint density at radius 2 is 2.33 bits per heavy atom. The number of rotatable bonds is 3. The summed E-state index contributed by atoms with van der Waals surface area (Å²) in [7, 11) is 0. The van der Waals surface area contributed by atoms with Crippen LogP contribution in [0.4, 0.5) is 9.18 Å². The normalized spacial score (nSPS) is 14.6. The van der Waals surface area contributed by atoms with Crippen molar-refractivity contribution in [2.24, 2.45) is 0 Å². The molecule has 0 radical (unpaired) electrons. The molecule has 1 aromatic rings. The first-order valence-corrected chi connectivity index (χ1v) is 6.03. The first-order valence-electron chi connectivity index (χ1n) is 5.24. The van der Waals surface area contributed by atoms with E-state index < -0.39 is 17.8 Å². The Bertz CT molecular complexity index is 495. The predicted molar refractivity (Wildman–Crippen MR) is 64.7 cm³/mol. The summed E-state index contributed by atoms with van der Waals surface area (Å²) in [6, 6.07) is 3.81. The summed E-state index contributed by atoms with van der Waals surface area (Å²) in [4.78, 5) is 23.9. The minimum atomic E-state index is -0.567. The third-order valence-corrected chi connectivity index (χ3v) is 2.90. The molecule has 0 spiro atoms. The van der Waals surface area contributed by atoms with Crippen LogP contribution in [-0.4, -0.2) is 36.5 Å². The van der Waals surface area contributed by atoms with Gasteiger partial charge in [-0.3, -0.25) is 9.69 Å². The van der Waals surface area contributed by atoms with E-state index in [0.29, 0.717) is 17.6 Å². The van der Waals surface area contributed by atoms with Gasteiger partial charge in [0.25, 0.3) is 5.91 Å². The van der Waals surface area contributed by atoms with Crippen LogP contribution in [0.15, 0.2) is 22.7 Å². The van der Waals surface area contributed by atoms with Crippen LogP contribution in [-0.2, 0) is 4.79 Å². The van der Waals surface area contributed by atoms with Crippen LogP contribution in [0.1, 0.15) is 0 Å². The number of halogens is 2. The molecule has 0 aliphatic carbocycles. The number of hydrogen-bond donors (Lipinski definition) is 1. The van der Waals surface area contributed by atoms with Crippen molar-refractivity contribution in [2.45, 2.75) is 0 Å². The maximum absolute atomic E-state index is 13.4. The fraction of sp³-hybridized carbons (Fsp3) is 0.273. The summed E-state index contributed by atoms with van der Waals surface area (Å²) in [5.74, 6) is -1.08. The highest BCUT2D eigenvalue weighted by atomic mass is 79.9. The second-order valence-electron chi connectivity index (χ2n) is 3.64. The summed E-state index contributed by atoms with van der Waals surface area (Å²) < 4.78 is 19.0.